The maximum atomic E-state index is 12.9. The minimum Gasteiger partial charge on any atom is -0.479 e. The summed E-state index contributed by atoms with van der Waals surface area (Å²) in [6, 6.07) is 7.79. The molecular weight excluding hydrogens is 304 g/mol. The molecule has 2 aliphatic carbocycles. The second-order valence-corrected chi connectivity index (χ2v) is 7.32. The SMILES string of the molecule is C[C@H]1Oc2ccccc2N(CC(=O)N(C)C(C2CC2)C2CC2)C1=O. The average molecular weight is 328 g/mol. The number of carbonyl (C=O) groups is 2. The van der Waals surface area contributed by atoms with Crippen molar-refractivity contribution in [1.29, 1.82) is 0 Å². The van der Waals surface area contributed by atoms with Crippen molar-refractivity contribution in [3.8, 4) is 5.75 Å². The van der Waals surface area contributed by atoms with E-state index in [2.05, 4.69) is 0 Å². The lowest BCUT2D eigenvalue weighted by atomic mass is 10.1. The first-order chi connectivity index (χ1) is 11.6. The van der Waals surface area contributed by atoms with Crippen molar-refractivity contribution >= 4 is 17.5 Å². The smallest absolute Gasteiger partial charge is 0.268 e. The summed E-state index contributed by atoms with van der Waals surface area (Å²) in [5, 5.41) is 0. The highest BCUT2D eigenvalue weighted by Gasteiger charge is 2.45. The lowest BCUT2D eigenvalue weighted by molar-refractivity contribution is -0.134. The number of ether oxygens (including phenoxy) is 1. The third-order valence-electron chi connectivity index (χ3n) is 5.42. The number of anilines is 1. The molecule has 2 amide bonds. The predicted molar refractivity (Wildman–Crippen MR) is 90.9 cm³/mol. The van der Waals surface area contributed by atoms with E-state index in [0.717, 1.165) is 0 Å². The topological polar surface area (TPSA) is 49.9 Å². The molecule has 1 atom stereocenters. The molecule has 0 aromatic heterocycles. The summed E-state index contributed by atoms with van der Waals surface area (Å²) in [4.78, 5) is 28.9. The van der Waals surface area contributed by atoms with Crippen LogP contribution >= 0.6 is 0 Å². The summed E-state index contributed by atoms with van der Waals surface area (Å²) in [7, 11) is 1.91. The molecule has 0 spiro atoms. The summed E-state index contributed by atoms with van der Waals surface area (Å²) < 4.78 is 5.64. The van der Waals surface area contributed by atoms with Gasteiger partial charge in [-0.2, -0.15) is 0 Å². The number of nitrogens with zero attached hydrogens (tertiary/aromatic N) is 2. The molecule has 1 aliphatic heterocycles. The van der Waals surface area contributed by atoms with Gasteiger partial charge in [0, 0.05) is 13.1 Å². The third-order valence-corrected chi connectivity index (χ3v) is 5.42. The maximum absolute atomic E-state index is 12.9. The molecule has 24 heavy (non-hydrogen) atoms. The molecule has 0 bridgehead atoms. The van der Waals surface area contributed by atoms with Crippen LogP contribution in [-0.2, 0) is 9.59 Å². The van der Waals surface area contributed by atoms with E-state index in [4.69, 9.17) is 4.74 Å². The molecule has 1 heterocycles. The zero-order chi connectivity index (χ0) is 16.8. The molecule has 4 rings (SSSR count). The van der Waals surface area contributed by atoms with E-state index in [1.165, 1.54) is 25.7 Å². The zero-order valence-corrected chi connectivity index (χ0v) is 14.3. The standard InChI is InChI=1S/C19H24N2O3/c1-12-19(23)21(15-5-3-4-6-16(15)24-12)11-17(22)20(2)18(13-7-8-13)14-9-10-14/h3-6,12-14,18H,7-11H2,1-2H3/t12-/m1/s1. The van der Waals surface area contributed by atoms with Gasteiger partial charge in [0.2, 0.25) is 5.91 Å². The van der Waals surface area contributed by atoms with Crippen molar-refractivity contribution in [3.63, 3.8) is 0 Å². The number of hydrogen-bond donors (Lipinski definition) is 0. The molecular formula is C19H24N2O3. The molecule has 1 aromatic rings. The van der Waals surface area contributed by atoms with E-state index >= 15 is 0 Å². The lowest BCUT2D eigenvalue weighted by Gasteiger charge is -2.35. The van der Waals surface area contributed by atoms with Crippen LogP contribution in [0.25, 0.3) is 0 Å². The van der Waals surface area contributed by atoms with Crippen molar-refractivity contribution in [2.24, 2.45) is 11.8 Å². The van der Waals surface area contributed by atoms with Gasteiger partial charge in [-0.3, -0.25) is 14.5 Å². The maximum Gasteiger partial charge on any atom is 0.268 e. The molecule has 2 saturated carbocycles. The van der Waals surface area contributed by atoms with E-state index in [-0.39, 0.29) is 18.4 Å². The molecule has 5 heteroatoms. The highest BCUT2D eigenvalue weighted by molar-refractivity contribution is 6.03. The summed E-state index contributed by atoms with van der Waals surface area (Å²) in [5.41, 5.74) is 0.691. The third kappa shape index (κ3) is 2.76. The zero-order valence-electron chi connectivity index (χ0n) is 14.3. The molecule has 0 radical (unpaired) electrons. The Labute approximate surface area is 142 Å². The Morgan fingerprint density at radius 3 is 2.50 bits per heavy atom. The lowest BCUT2D eigenvalue weighted by Crippen LogP contribution is -2.51. The van der Waals surface area contributed by atoms with Gasteiger partial charge in [0.1, 0.15) is 12.3 Å². The van der Waals surface area contributed by atoms with Gasteiger partial charge < -0.3 is 9.64 Å². The minimum absolute atomic E-state index is 0.0241. The molecule has 2 fully saturated rings. The average Bonchev–Trinajstić information content (AvgIpc) is 3.46. The largest absolute Gasteiger partial charge is 0.479 e. The van der Waals surface area contributed by atoms with E-state index in [1.54, 1.807) is 11.8 Å². The van der Waals surface area contributed by atoms with Crippen molar-refractivity contribution in [1.82, 2.24) is 4.90 Å². The Bertz CT molecular complexity index is 654. The molecule has 0 N–H and O–H groups in total. The number of rotatable bonds is 5. The summed E-state index contributed by atoms with van der Waals surface area (Å²) in [6.45, 7) is 1.83. The monoisotopic (exact) mass is 328 g/mol. The molecule has 1 aromatic carbocycles. The van der Waals surface area contributed by atoms with Crippen LogP contribution in [-0.4, -0.2) is 42.5 Å². The Hall–Kier alpha value is -2.04. The summed E-state index contributed by atoms with van der Waals surface area (Å²) in [6.07, 6.45) is 4.37. The van der Waals surface area contributed by atoms with Crippen LogP contribution < -0.4 is 9.64 Å². The fourth-order valence-corrected chi connectivity index (χ4v) is 3.83. The van der Waals surface area contributed by atoms with Gasteiger partial charge in [-0.1, -0.05) is 12.1 Å². The van der Waals surface area contributed by atoms with Crippen molar-refractivity contribution in [2.45, 2.75) is 44.8 Å². The first-order valence-electron chi connectivity index (χ1n) is 8.89. The fraction of sp³-hybridized carbons (Fsp3) is 0.579. The molecule has 0 unspecified atom stereocenters. The highest BCUT2D eigenvalue weighted by atomic mass is 16.5. The number of amides is 2. The van der Waals surface area contributed by atoms with Crippen LogP contribution in [0, 0.1) is 11.8 Å². The molecule has 5 nitrogen and oxygen atoms in total. The van der Waals surface area contributed by atoms with E-state index < -0.39 is 6.10 Å². The van der Waals surface area contributed by atoms with E-state index in [1.807, 2.05) is 36.2 Å². The van der Waals surface area contributed by atoms with Gasteiger partial charge >= 0.3 is 0 Å². The van der Waals surface area contributed by atoms with E-state index in [9.17, 15) is 9.59 Å². The molecule has 3 aliphatic rings. The van der Waals surface area contributed by atoms with Crippen molar-refractivity contribution in [2.75, 3.05) is 18.5 Å². The van der Waals surface area contributed by atoms with Gasteiger partial charge in [-0.15, -0.1) is 0 Å². The number of para-hydroxylation sites is 2. The molecule has 128 valence electrons. The van der Waals surface area contributed by atoms with Crippen molar-refractivity contribution < 1.29 is 14.3 Å². The van der Waals surface area contributed by atoms with Gasteiger partial charge in [0.25, 0.3) is 5.91 Å². The second kappa shape index (κ2) is 5.80. The van der Waals surface area contributed by atoms with Crippen LogP contribution in [0.5, 0.6) is 5.75 Å². The Morgan fingerprint density at radius 2 is 1.88 bits per heavy atom. The molecule has 0 saturated heterocycles. The quantitative estimate of drug-likeness (QED) is 0.834. The number of carbonyl (C=O) groups excluding carboxylic acids is 2. The minimum atomic E-state index is -0.555. The fourth-order valence-electron chi connectivity index (χ4n) is 3.83. The predicted octanol–water partition coefficient (Wildman–Crippen LogP) is 2.45. The van der Waals surface area contributed by atoms with E-state index in [0.29, 0.717) is 29.3 Å². The van der Waals surface area contributed by atoms with Crippen molar-refractivity contribution in [3.05, 3.63) is 24.3 Å². The number of hydrogen-bond acceptors (Lipinski definition) is 3. The van der Waals surface area contributed by atoms with Gasteiger partial charge in [0.05, 0.1) is 5.69 Å². The second-order valence-electron chi connectivity index (χ2n) is 7.32. The first kappa shape index (κ1) is 15.5. The van der Waals surface area contributed by atoms with Gasteiger partial charge in [-0.05, 0) is 56.6 Å². The van der Waals surface area contributed by atoms with Crippen LogP contribution in [0.3, 0.4) is 0 Å². The normalized spacial score (nSPS) is 23.0. The summed E-state index contributed by atoms with van der Waals surface area (Å²) >= 11 is 0. The van der Waals surface area contributed by atoms with Crippen LogP contribution in [0.1, 0.15) is 32.6 Å². The number of fused-ring (bicyclic) bond motifs is 1. The highest BCUT2D eigenvalue weighted by Crippen LogP contribution is 2.47. The number of benzene rings is 1. The van der Waals surface area contributed by atoms with Crippen LogP contribution in [0.2, 0.25) is 0 Å². The first-order valence-corrected chi connectivity index (χ1v) is 8.89. The Balaban J connectivity index is 1.53. The van der Waals surface area contributed by atoms with Crippen LogP contribution in [0.15, 0.2) is 24.3 Å². The van der Waals surface area contributed by atoms with Gasteiger partial charge in [-0.25, -0.2) is 0 Å². The Morgan fingerprint density at radius 1 is 1.25 bits per heavy atom. The van der Waals surface area contributed by atoms with Gasteiger partial charge in [0.15, 0.2) is 6.10 Å². The summed E-state index contributed by atoms with van der Waals surface area (Å²) in [5.74, 6) is 1.87. The van der Waals surface area contributed by atoms with Crippen LogP contribution in [0.4, 0.5) is 5.69 Å². The number of likely N-dealkylation sites (N-methyl/N-ethyl adjacent to an activating group) is 1. The Kier molecular flexibility index (Phi) is 3.74.